The number of allylic oxidation sites excluding steroid dienone is 2. The lowest BCUT2D eigenvalue weighted by molar-refractivity contribution is -0.149. The summed E-state index contributed by atoms with van der Waals surface area (Å²) in [6, 6.07) is 9.75. The summed E-state index contributed by atoms with van der Waals surface area (Å²) in [5.41, 5.74) is 1.35. The number of carbonyl (C=O) groups excluding carboxylic acids is 3. The van der Waals surface area contributed by atoms with Crippen LogP contribution >= 0.6 is 0 Å². The van der Waals surface area contributed by atoms with Crippen LogP contribution in [0.2, 0.25) is 0 Å². The lowest BCUT2D eigenvalue weighted by Gasteiger charge is -2.36. The minimum absolute atomic E-state index is 0.0581. The standard InChI is InChI=1S/C40H57N7O7/c1-29(28-51-38(49)46-22-20-33(27-46)52-37-41-42-43-47(37)32-15-8-7-9-16-32)13-12-14-30(2)36-31(3)18-19-34(40(4,5)21-11-10-17-35(48)54-36)53-39(50)45-25-23-44(6)24-26-45/h7-9,12-16,18-19,29,31,33-34,36H,10-11,17,20-28H2,1-6H3/b13-12+,19-18+,30-14+/t29-,31+,33-,34+,36-/m1/s1. The number of aromatic nitrogens is 4. The lowest BCUT2D eigenvalue weighted by Crippen LogP contribution is -2.48. The van der Waals surface area contributed by atoms with E-state index in [1.165, 1.54) is 4.68 Å². The van der Waals surface area contributed by atoms with Gasteiger partial charge < -0.3 is 33.6 Å². The minimum atomic E-state index is -0.495. The van der Waals surface area contributed by atoms with E-state index in [0.29, 0.717) is 45.4 Å². The topological polar surface area (TPSA) is 141 Å². The summed E-state index contributed by atoms with van der Waals surface area (Å²) in [5.74, 6) is -0.452. The zero-order chi connectivity index (χ0) is 38.7. The number of amides is 2. The SMILES string of the molecule is C/C(=C\C=C\[C@@H](C)COC(=O)N1CC[C@@H](Oc2nnnn2-c2ccccc2)C1)[C@H]1OC(=O)CCCCC(C)(C)[C@@H](OC(=O)N2CCN(C)CC2)/C=C/[C@@H]1C. The van der Waals surface area contributed by atoms with Crippen molar-refractivity contribution in [3.63, 3.8) is 0 Å². The predicted molar refractivity (Wildman–Crippen MR) is 203 cm³/mol. The number of rotatable bonds is 9. The number of nitrogens with zero attached hydrogens (tertiary/aromatic N) is 7. The fraction of sp³-hybridized carbons (Fsp3) is 0.600. The maximum Gasteiger partial charge on any atom is 0.410 e. The molecule has 0 aliphatic carbocycles. The molecule has 2 amide bonds. The molecule has 1 aromatic carbocycles. The van der Waals surface area contributed by atoms with Gasteiger partial charge in [-0.15, -0.1) is 0 Å². The van der Waals surface area contributed by atoms with Crippen LogP contribution in [0, 0.1) is 17.3 Å². The van der Waals surface area contributed by atoms with Gasteiger partial charge >= 0.3 is 24.2 Å². The Labute approximate surface area is 319 Å². The first kappa shape index (κ1) is 40.5. The molecule has 14 heteroatoms. The molecule has 0 unspecified atom stereocenters. The smallest absolute Gasteiger partial charge is 0.410 e. The molecule has 0 radical (unpaired) electrons. The number of hydrogen-bond donors (Lipinski definition) is 0. The van der Waals surface area contributed by atoms with E-state index in [1.807, 2.05) is 81.5 Å². The van der Waals surface area contributed by atoms with E-state index in [1.54, 1.807) is 9.80 Å². The molecule has 0 bridgehead atoms. The second-order valence-electron chi connectivity index (χ2n) is 15.5. The largest absolute Gasteiger partial charge is 0.457 e. The van der Waals surface area contributed by atoms with Gasteiger partial charge in [-0.25, -0.2) is 9.59 Å². The summed E-state index contributed by atoms with van der Waals surface area (Å²) in [6.07, 6.45) is 11.2. The van der Waals surface area contributed by atoms with Crippen LogP contribution in [0.5, 0.6) is 6.01 Å². The second kappa shape index (κ2) is 19.0. The van der Waals surface area contributed by atoms with Crippen molar-refractivity contribution in [3.8, 4) is 11.7 Å². The Morgan fingerprint density at radius 3 is 2.56 bits per heavy atom. The minimum Gasteiger partial charge on any atom is -0.457 e. The summed E-state index contributed by atoms with van der Waals surface area (Å²) in [4.78, 5) is 44.6. The van der Waals surface area contributed by atoms with E-state index in [4.69, 9.17) is 18.9 Å². The van der Waals surface area contributed by atoms with Gasteiger partial charge in [0.25, 0.3) is 0 Å². The van der Waals surface area contributed by atoms with E-state index < -0.39 is 18.3 Å². The number of cyclic esters (lactones) is 1. The Balaban J connectivity index is 1.13. The van der Waals surface area contributed by atoms with Crippen molar-refractivity contribution in [2.45, 2.75) is 85.0 Å². The van der Waals surface area contributed by atoms with Gasteiger partial charge in [0, 0.05) is 62.8 Å². The van der Waals surface area contributed by atoms with E-state index in [0.717, 1.165) is 37.2 Å². The Kier molecular flexibility index (Phi) is 14.3. The van der Waals surface area contributed by atoms with Gasteiger partial charge in [0.1, 0.15) is 18.3 Å². The first-order valence-corrected chi connectivity index (χ1v) is 19.2. The number of hydrogen-bond acceptors (Lipinski definition) is 11. The average Bonchev–Trinajstić information content (AvgIpc) is 3.83. The van der Waals surface area contributed by atoms with Crippen LogP contribution in [0.1, 0.15) is 66.7 Å². The van der Waals surface area contributed by atoms with Crippen LogP contribution in [-0.4, -0.2) is 124 Å². The van der Waals surface area contributed by atoms with Gasteiger partial charge in [0.2, 0.25) is 0 Å². The van der Waals surface area contributed by atoms with Crippen molar-refractivity contribution in [2.24, 2.45) is 17.3 Å². The van der Waals surface area contributed by atoms with Crippen LogP contribution in [0.25, 0.3) is 5.69 Å². The van der Waals surface area contributed by atoms with Crippen molar-refractivity contribution in [2.75, 3.05) is 52.9 Å². The van der Waals surface area contributed by atoms with Gasteiger partial charge in [0.15, 0.2) is 0 Å². The molecule has 54 heavy (non-hydrogen) atoms. The van der Waals surface area contributed by atoms with E-state index >= 15 is 0 Å². The van der Waals surface area contributed by atoms with E-state index in [9.17, 15) is 14.4 Å². The van der Waals surface area contributed by atoms with Crippen molar-refractivity contribution < 1.29 is 33.3 Å². The molecular formula is C40H57N7O7. The van der Waals surface area contributed by atoms with Crippen LogP contribution in [0.4, 0.5) is 9.59 Å². The molecule has 0 N–H and O–H groups in total. The highest BCUT2D eigenvalue weighted by Gasteiger charge is 2.34. The van der Waals surface area contributed by atoms with Crippen LogP contribution in [0.3, 0.4) is 0 Å². The van der Waals surface area contributed by atoms with Crippen molar-refractivity contribution in [1.29, 1.82) is 0 Å². The highest BCUT2D eigenvalue weighted by Crippen LogP contribution is 2.33. The predicted octanol–water partition coefficient (Wildman–Crippen LogP) is 5.85. The number of piperazine rings is 1. The van der Waals surface area contributed by atoms with E-state index in [-0.39, 0.29) is 48.0 Å². The van der Waals surface area contributed by atoms with Gasteiger partial charge in [-0.1, -0.05) is 81.7 Å². The zero-order valence-corrected chi connectivity index (χ0v) is 32.6. The fourth-order valence-corrected chi connectivity index (χ4v) is 6.78. The number of benzene rings is 1. The number of esters is 1. The Hall–Kier alpha value is -4.72. The van der Waals surface area contributed by atoms with Gasteiger partial charge in [-0.3, -0.25) is 4.79 Å². The molecule has 1 aromatic heterocycles. The van der Waals surface area contributed by atoms with Crippen LogP contribution in [-0.2, 0) is 19.0 Å². The number of likely N-dealkylation sites (tertiary alicyclic amines) is 1. The second-order valence-corrected chi connectivity index (χ2v) is 15.5. The Bertz CT molecular complexity index is 1630. The molecular weight excluding hydrogens is 690 g/mol. The normalized spacial score (nSPS) is 25.7. The molecule has 0 spiro atoms. The number of para-hydroxylation sites is 1. The molecule has 294 valence electrons. The first-order valence-electron chi connectivity index (χ1n) is 19.2. The molecule has 3 aliphatic rings. The van der Waals surface area contributed by atoms with E-state index in [2.05, 4.69) is 41.3 Å². The van der Waals surface area contributed by atoms with Crippen LogP contribution in [0.15, 0.2) is 66.3 Å². The molecule has 0 saturated carbocycles. The third-order valence-electron chi connectivity index (χ3n) is 10.4. The number of tetrazole rings is 1. The van der Waals surface area contributed by atoms with Gasteiger partial charge in [0.05, 0.1) is 18.8 Å². The molecule has 5 atom stereocenters. The van der Waals surface area contributed by atoms with Crippen molar-refractivity contribution in [3.05, 3.63) is 66.3 Å². The molecule has 3 aliphatic heterocycles. The zero-order valence-electron chi connectivity index (χ0n) is 32.6. The highest BCUT2D eigenvalue weighted by molar-refractivity contribution is 5.70. The number of ether oxygens (including phenoxy) is 4. The summed E-state index contributed by atoms with van der Waals surface area (Å²) in [7, 11) is 2.06. The summed E-state index contributed by atoms with van der Waals surface area (Å²) in [6.45, 7) is 14.2. The third-order valence-corrected chi connectivity index (χ3v) is 10.4. The maximum absolute atomic E-state index is 13.2. The molecule has 14 nitrogen and oxygen atoms in total. The monoisotopic (exact) mass is 747 g/mol. The highest BCUT2D eigenvalue weighted by atomic mass is 16.6. The fourth-order valence-electron chi connectivity index (χ4n) is 6.78. The molecule has 2 fully saturated rings. The van der Waals surface area contributed by atoms with Gasteiger partial charge in [-0.05, 0) is 61.0 Å². The summed E-state index contributed by atoms with van der Waals surface area (Å²) >= 11 is 0. The Morgan fingerprint density at radius 2 is 1.80 bits per heavy atom. The molecule has 2 aromatic rings. The van der Waals surface area contributed by atoms with Crippen molar-refractivity contribution in [1.82, 2.24) is 34.9 Å². The summed E-state index contributed by atoms with van der Waals surface area (Å²) in [5, 5.41) is 11.8. The molecule has 5 rings (SSSR count). The number of carbonyl (C=O) groups is 3. The molecule has 2 saturated heterocycles. The first-order chi connectivity index (χ1) is 25.9. The average molecular weight is 748 g/mol. The lowest BCUT2D eigenvalue weighted by atomic mass is 9.80. The maximum atomic E-state index is 13.2. The number of likely N-dealkylation sites (N-methyl/N-ethyl adjacent to an activating group) is 1. The van der Waals surface area contributed by atoms with Crippen LogP contribution < -0.4 is 4.74 Å². The van der Waals surface area contributed by atoms with Crippen molar-refractivity contribution >= 4 is 18.2 Å². The Morgan fingerprint density at radius 1 is 1.04 bits per heavy atom. The summed E-state index contributed by atoms with van der Waals surface area (Å²) < 4.78 is 25.4. The third kappa shape index (κ3) is 11.4. The van der Waals surface area contributed by atoms with Gasteiger partial charge in [-0.2, -0.15) is 4.68 Å². The molecule has 4 heterocycles. The quantitative estimate of drug-likeness (QED) is 0.132.